The Morgan fingerprint density at radius 1 is 1.36 bits per heavy atom. The van der Waals surface area contributed by atoms with Crippen LogP contribution in [0.15, 0.2) is 28.7 Å². The number of nitrogens with two attached hydrogens (primary N) is 1. The summed E-state index contributed by atoms with van der Waals surface area (Å²) in [4.78, 5) is 0. The summed E-state index contributed by atoms with van der Waals surface area (Å²) in [5, 5.41) is 3.36. The second kappa shape index (κ2) is 6.17. The Kier molecular flexibility index (Phi) is 5.15. The Labute approximate surface area is 94.0 Å². The van der Waals surface area contributed by atoms with Crippen LogP contribution in [-0.4, -0.2) is 19.1 Å². The normalized spacial score (nSPS) is 12.8. The van der Waals surface area contributed by atoms with Gasteiger partial charge in [-0.3, -0.25) is 0 Å². The second-order valence-corrected chi connectivity index (χ2v) is 4.38. The zero-order chi connectivity index (χ0) is 10.4. The number of benzene rings is 1. The molecular formula is C11H17BrN2. The molecule has 2 nitrogen and oxygen atoms in total. The minimum Gasteiger partial charge on any atom is -0.329 e. The van der Waals surface area contributed by atoms with E-state index >= 15 is 0 Å². The first-order valence-electron chi connectivity index (χ1n) is 4.90. The standard InChI is InChI=1S/C11H17BrN2/c1-9(8-13)14-7-6-10-2-4-11(12)5-3-10/h2-5,9,14H,6-8,13H2,1H3/t9-/m0/s1. The molecule has 3 N–H and O–H groups in total. The minimum absolute atomic E-state index is 0.408. The van der Waals surface area contributed by atoms with Crippen LogP contribution in [0.1, 0.15) is 12.5 Å². The number of hydrogen-bond acceptors (Lipinski definition) is 2. The van der Waals surface area contributed by atoms with Crippen molar-refractivity contribution in [3.63, 3.8) is 0 Å². The second-order valence-electron chi connectivity index (χ2n) is 3.47. The molecule has 0 saturated carbocycles. The van der Waals surface area contributed by atoms with Crippen molar-refractivity contribution in [1.29, 1.82) is 0 Å². The largest absolute Gasteiger partial charge is 0.329 e. The van der Waals surface area contributed by atoms with E-state index in [1.807, 2.05) is 0 Å². The highest BCUT2D eigenvalue weighted by molar-refractivity contribution is 9.10. The van der Waals surface area contributed by atoms with Crippen molar-refractivity contribution in [3.05, 3.63) is 34.3 Å². The molecule has 0 bridgehead atoms. The van der Waals surface area contributed by atoms with Crippen LogP contribution in [0.5, 0.6) is 0 Å². The first kappa shape index (κ1) is 11.7. The SMILES string of the molecule is C[C@@H](CN)NCCc1ccc(Br)cc1. The van der Waals surface area contributed by atoms with E-state index in [9.17, 15) is 0 Å². The molecule has 0 radical (unpaired) electrons. The Morgan fingerprint density at radius 3 is 2.57 bits per heavy atom. The van der Waals surface area contributed by atoms with Gasteiger partial charge in [0, 0.05) is 17.1 Å². The maximum Gasteiger partial charge on any atom is 0.0175 e. The van der Waals surface area contributed by atoms with Gasteiger partial charge in [0.25, 0.3) is 0 Å². The van der Waals surface area contributed by atoms with Crippen molar-refractivity contribution in [2.45, 2.75) is 19.4 Å². The van der Waals surface area contributed by atoms with Crippen molar-refractivity contribution < 1.29 is 0 Å². The van der Waals surface area contributed by atoms with Gasteiger partial charge < -0.3 is 11.1 Å². The van der Waals surface area contributed by atoms with Crippen LogP contribution >= 0.6 is 15.9 Å². The van der Waals surface area contributed by atoms with Crippen molar-refractivity contribution in [1.82, 2.24) is 5.32 Å². The monoisotopic (exact) mass is 256 g/mol. The first-order valence-corrected chi connectivity index (χ1v) is 5.69. The Hall–Kier alpha value is -0.380. The van der Waals surface area contributed by atoms with Gasteiger partial charge in [-0.25, -0.2) is 0 Å². The van der Waals surface area contributed by atoms with Crippen LogP contribution < -0.4 is 11.1 Å². The van der Waals surface area contributed by atoms with Crippen molar-refractivity contribution in [2.75, 3.05) is 13.1 Å². The summed E-state index contributed by atoms with van der Waals surface area (Å²) in [6.45, 7) is 3.78. The molecule has 3 heteroatoms. The molecular weight excluding hydrogens is 240 g/mol. The minimum atomic E-state index is 0.408. The number of halogens is 1. The van der Waals surface area contributed by atoms with Gasteiger partial charge in [-0.2, -0.15) is 0 Å². The summed E-state index contributed by atoms with van der Waals surface area (Å²) < 4.78 is 1.13. The fourth-order valence-electron chi connectivity index (χ4n) is 1.20. The van der Waals surface area contributed by atoms with Crippen molar-refractivity contribution >= 4 is 15.9 Å². The average Bonchev–Trinajstić information content (AvgIpc) is 2.21. The highest BCUT2D eigenvalue weighted by atomic mass is 79.9. The quantitative estimate of drug-likeness (QED) is 0.845. The summed E-state index contributed by atoms with van der Waals surface area (Å²) in [7, 11) is 0. The predicted octanol–water partition coefficient (Wildman–Crippen LogP) is 1.93. The molecule has 0 heterocycles. The van der Waals surface area contributed by atoms with E-state index in [4.69, 9.17) is 5.73 Å². The first-order chi connectivity index (χ1) is 6.72. The van der Waals surface area contributed by atoms with Crippen LogP contribution in [0.4, 0.5) is 0 Å². The van der Waals surface area contributed by atoms with E-state index in [1.54, 1.807) is 0 Å². The van der Waals surface area contributed by atoms with E-state index in [0.29, 0.717) is 12.6 Å². The molecule has 0 aromatic heterocycles. The Balaban J connectivity index is 2.28. The van der Waals surface area contributed by atoms with Crippen LogP contribution in [0.3, 0.4) is 0 Å². The molecule has 0 aliphatic heterocycles. The molecule has 1 aromatic carbocycles. The summed E-state index contributed by atoms with van der Waals surface area (Å²) in [6.07, 6.45) is 1.05. The number of nitrogens with one attached hydrogen (secondary N) is 1. The zero-order valence-electron chi connectivity index (χ0n) is 8.46. The van der Waals surface area contributed by atoms with Crippen LogP contribution in [-0.2, 0) is 6.42 Å². The van der Waals surface area contributed by atoms with Gasteiger partial charge in [-0.05, 0) is 37.6 Å². The Morgan fingerprint density at radius 2 is 2.00 bits per heavy atom. The molecule has 0 fully saturated rings. The van der Waals surface area contributed by atoms with Gasteiger partial charge in [-0.15, -0.1) is 0 Å². The van der Waals surface area contributed by atoms with E-state index in [0.717, 1.165) is 17.4 Å². The summed E-state index contributed by atoms with van der Waals surface area (Å²) in [5.41, 5.74) is 6.85. The fraction of sp³-hybridized carbons (Fsp3) is 0.455. The van der Waals surface area contributed by atoms with Crippen LogP contribution in [0.2, 0.25) is 0 Å². The van der Waals surface area contributed by atoms with E-state index < -0.39 is 0 Å². The smallest absolute Gasteiger partial charge is 0.0175 e. The van der Waals surface area contributed by atoms with Gasteiger partial charge >= 0.3 is 0 Å². The van der Waals surface area contributed by atoms with Crippen molar-refractivity contribution in [3.8, 4) is 0 Å². The molecule has 1 atom stereocenters. The van der Waals surface area contributed by atoms with Gasteiger partial charge in [0.2, 0.25) is 0 Å². The van der Waals surface area contributed by atoms with Crippen LogP contribution in [0.25, 0.3) is 0 Å². The topological polar surface area (TPSA) is 38.0 Å². The van der Waals surface area contributed by atoms with Gasteiger partial charge in [-0.1, -0.05) is 28.1 Å². The third kappa shape index (κ3) is 4.22. The molecule has 78 valence electrons. The molecule has 14 heavy (non-hydrogen) atoms. The predicted molar refractivity (Wildman–Crippen MR) is 64.4 cm³/mol. The third-order valence-electron chi connectivity index (χ3n) is 2.17. The maximum atomic E-state index is 5.50. The van der Waals surface area contributed by atoms with E-state index in [-0.39, 0.29) is 0 Å². The highest BCUT2D eigenvalue weighted by Crippen LogP contribution is 2.10. The molecule has 0 aliphatic carbocycles. The van der Waals surface area contributed by atoms with E-state index in [1.165, 1.54) is 5.56 Å². The van der Waals surface area contributed by atoms with Crippen molar-refractivity contribution in [2.24, 2.45) is 5.73 Å². The van der Waals surface area contributed by atoms with Gasteiger partial charge in [0.1, 0.15) is 0 Å². The molecule has 0 saturated heterocycles. The molecule has 1 aromatic rings. The molecule has 0 spiro atoms. The maximum absolute atomic E-state index is 5.50. The molecule has 1 rings (SSSR count). The zero-order valence-corrected chi connectivity index (χ0v) is 10.0. The van der Waals surface area contributed by atoms with Crippen LogP contribution in [0, 0.1) is 0 Å². The molecule has 0 amide bonds. The lowest BCUT2D eigenvalue weighted by molar-refractivity contribution is 0.559. The molecule has 0 unspecified atom stereocenters. The average molecular weight is 257 g/mol. The van der Waals surface area contributed by atoms with Gasteiger partial charge in [0.15, 0.2) is 0 Å². The highest BCUT2D eigenvalue weighted by Gasteiger charge is 1.97. The summed E-state index contributed by atoms with van der Waals surface area (Å²) in [5.74, 6) is 0. The lowest BCUT2D eigenvalue weighted by atomic mass is 10.1. The third-order valence-corrected chi connectivity index (χ3v) is 2.70. The number of hydrogen-bond donors (Lipinski definition) is 2. The number of rotatable bonds is 5. The Bertz CT molecular complexity index is 258. The van der Waals surface area contributed by atoms with Gasteiger partial charge in [0.05, 0.1) is 0 Å². The summed E-state index contributed by atoms with van der Waals surface area (Å²) >= 11 is 3.42. The summed E-state index contributed by atoms with van der Waals surface area (Å²) in [6, 6.07) is 8.83. The lowest BCUT2D eigenvalue weighted by Gasteiger charge is -2.10. The lowest BCUT2D eigenvalue weighted by Crippen LogP contribution is -2.34. The molecule has 0 aliphatic rings. The van der Waals surface area contributed by atoms with E-state index in [2.05, 4.69) is 52.4 Å². The fourth-order valence-corrected chi connectivity index (χ4v) is 1.46.